The molecule has 8 bridgehead atoms. The zero-order valence-corrected chi connectivity index (χ0v) is 45.0. The van der Waals surface area contributed by atoms with Gasteiger partial charge in [0.25, 0.3) is 40.1 Å². The van der Waals surface area contributed by atoms with Crippen LogP contribution in [0.2, 0.25) is 0 Å². The minimum absolute atomic E-state index is 0. The summed E-state index contributed by atoms with van der Waals surface area (Å²) in [6.07, 6.45) is 6.82. The van der Waals surface area contributed by atoms with Crippen LogP contribution in [0.5, 0.6) is 0 Å². The molecule has 7 aromatic rings. The van der Waals surface area contributed by atoms with E-state index >= 15 is 0 Å². The van der Waals surface area contributed by atoms with Gasteiger partial charge in [0.15, 0.2) is 0 Å². The first kappa shape index (κ1) is 54.9. The molecule has 9 rings (SSSR count). The molecule has 4 amide bonds. The van der Waals surface area contributed by atoms with Gasteiger partial charge in [0, 0.05) is 33.3 Å². The van der Waals surface area contributed by atoms with Crippen molar-refractivity contribution in [1.29, 1.82) is 0 Å². The summed E-state index contributed by atoms with van der Waals surface area (Å²) in [6, 6.07) is 29.6. The van der Waals surface area contributed by atoms with Crippen molar-refractivity contribution in [3.8, 4) is 44.5 Å². The predicted octanol–water partition coefficient (Wildman–Crippen LogP) is 5.88. The van der Waals surface area contributed by atoms with Crippen LogP contribution < -0.4 is 28.9 Å². The van der Waals surface area contributed by atoms with Crippen molar-refractivity contribution in [2.45, 2.75) is 47.3 Å². The van der Waals surface area contributed by atoms with Crippen LogP contribution in [0, 0.1) is 0 Å². The van der Waals surface area contributed by atoms with Gasteiger partial charge in [0.1, 0.15) is 0 Å². The molecule has 5 heterocycles. The zero-order chi connectivity index (χ0) is 54.5. The van der Waals surface area contributed by atoms with E-state index in [9.17, 15) is 52.8 Å². The summed E-state index contributed by atoms with van der Waals surface area (Å²) in [5.74, 6) is -3.15. The van der Waals surface area contributed by atoms with Gasteiger partial charge in [0.05, 0.1) is 42.4 Å². The van der Waals surface area contributed by atoms with E-state index < -0.39 is 63.7 Å². The molecule has 2 aliphatic heterocycles. The smallest absolute Gasteiger partial charge is 0.657 e. The number of aromatic nitrogens is 4. The number of amides is 4. The summed E-state index contributed by atoms with van der Waals surface area (Å²) in [5, 5.41) is 0. The molecule has 1 radical (unpaired) electrons. The quantitative estimate of drug-likeness (QED) is 0.104. The fraction of sp³-hybridized carbons (Fsp3) is 0.0769. The van der Waals surface area contributed by atoms with Crippen molar-refractivity contribution >= 4 is 110 Å². The van der Waals surface area contributed by atoms with Gasteiger partial charge in [0.2, 0.25) is 23.6 Å². The molecule has 0 aliphatic carbocycles. The number of carbonyl (C=O) groups excluding carboxylic acids is 4. The molecule has 0 saturated heterocycles. The van der Waals surface area contributed by atoms with Crippen LogP contribution in [-0.2, 0) is 76.3 Å². The topological polar surface area (TPSA) is 307 Å². The molecule has 0 atom stereocenters. The molecule has 4 N–H and O–H groups in total. The van der Waals surface area contributed by atoms with Crippen molar-refractivity contribution in [1.82, 2.24) is 38.8 Å². The molecule has 0 fully saturated rings. The van der Waals surface area contributed by atoms with Crippen LogP contribution in [0.4, 0.5) is 0 Å². The fourth-order valence-electron chi connectivity index (χ4n) is 8.47. The molecule has 25 heteroatoms. The monoisotopic (exact) mass is 1150 g/mol. The molecule has 3 aromatic heterocycles. The van der Waals surface area contributed by atoms with Crippen molar-refractivity contribution < 1.29 is 69.9 Å². The maximum atomic E-state index is 13.1. The van der Waals surface area contributed by atoms with Gasteiger partial charge in [-0.05, 0) is 112 Å². The van der Waals surface area contributed by atoms with Gasteiger partial charge in [-0.3, -0.25) is 19.2 Å². The van der Waals surface area contributed by atoms with Crippen LogP contribution in [0.3, 0.4) is 0 Å². The second-order valence-corrected chi connectivity index (χ2v) is 23.8. The number of hydrogen-bond acceptors (Lipinski definition) is 14. The Morgan fingerprint density at radius 1 is 0.325 bits per heavy atom. The Morgan fingerprint density at radius 3 is 0.779 bits per heavy atom. The first-order valence-corrected chi connectivity index (χ1v) is 28.4. The average Bonchev–Trinajstić information content (AvgIpc) is 4.24. The molecule has 2 aliphatic rings. The van der Waals surface area contributed by atoms with Gasteiger partial charge in [-0.15, -0.1) is 22.1 Å². The minimum atomic E-state index is -4.24. The normalized spacial score (nSPS) is 12.3. The first-order chi connectivity index (χ1) is 35.9. The van der Waals surface area contributed by atoms with Gasteiger partial charge < -0.3 is 9.97 Å². The van der Waals surface area contributed by atoms with Gasteiger partial charge >= 0.3 is 17.1 Å². The second kappa shape index (κ2) is 21.0. The number of rotatable bonds is 12. The summed E-state index contributed by atoms with van der Waals surface area (Å²) in [7, 11) is -17.0. The molecule has 20 nitrogen and oxygen atoms in total. The molecular formula is C52H40MnN8O12S4. The second-order valence-electron chi connectivity index (χ2n) is 17.1. The van der Waals surface area contributed by atoms with E-state index in [0.717, 1.165) is 27.7 Å². The van der Waals surface area contributed by atoms with E-state index in [0.29, 0.717) is 89.4 Å². The van der Waals surface area contributed by atoms with Crippen molar-refractivity contribution in [2.75, 3.05) is 0 Å². The number of hydrogen-bond donors (Lipinski definition) is 4. The molecular weight excluding hydrogens is 1110 g/mol. The molecule has 77 heavy (non-hydrogen) atoms. The van der Waals surface area contributed by atoms with Crippen LogP contribution >= 0.6 is 0 Å². The Bertz CT molecular complexity index is 4140. The van der Waals surface area contributed by atoms with Gasteiger partial charge in [-0.1, -0.05) is 72.8 Å². The number of carbonyl (C=O) groups is 4. The van der Waals surface area contributed by atoms with E-state index in [1.54, 1.807) is 48.6 Å². The van der Waals surface area contributed by atoms with E-state index in [4.69, 9.17) is 19.9 Å². The van der Waals surface area contributed by atoms with Gasteiger partial charge in [-0.2, -0.15) is 0 Å². The molecule has 0 spiro atoms. The van der Waals surface area contributed by atoms with E-state index in [1.807, 2.05) is 18.9 Å². The number of benzene rings is 4. The average molecular weight is 1150 g/mol. The van der Waals surface area contributed by atoms with E-state index in [2.05, 4.69) is 0 Å². The largest absolute Gasteiger partial charge is 2.00 e. The zero-order valence-electron chi connectivity index (χ0n) is 40.6. The Morgan fingerprint density at radius 2 is 0.532 bits per heavy atom. The Hall–Kier alpha value is -8.32. The number of nitrogens with one attached hydrogen (secondary N) is 4. The SMILES string of the molecule is CC(=O)NS(=O)(=O)c1ccc(-c2c3nc(c(-c4ccc(S(=O)(=O)NC(C)=O)cc4)c4ccc([n-]4)c(-c4ccc(S(=O)(=O)NC(C)=O)cc4)c4ccc([n-]4)c(-c4ccc(S(=O)(=O)NC(C)=O)cc4)c4nc2C=C4)C=C3)cc1.[Mn+2]. The summed E-state index contributed by atoms with van der Waals surface area (Å²) in [5.41, 5.74) is 6.09. The van der Waals surface area contributed by atoms with Crippen LogP contribution in [0.15, 0.2) is 141 Å². The third kappa shape index (κ3) is 11.5. The Kier molecular flexibility index (Phi) is 15.0. The maximum absolute atomic E-state index is 13.1. The van der Waals surface area contributed by atoms with E-state index in [1.165, 1.54) is 97.1 Å². The van der Waals surface area contributed by atoms with Crippen molar-refractivity contribution in [2.24, 2.45) is 0 Å². The van der Waals surface area contributed by atoms with Crippen LogP contribution in [-0.4, -0.2) is 67.3 Å². The fourth-order valence-corrected chi connectivity index (χ4v) is 12.4. The minimum Gasteiger partial charge on any atom is -0.657 e. The summed E-state index contributed by atoms with van der Waals surface area (Å²) < 4.78 is 112. The third-order valence-electron chi connectivity index (χ3n) is 11.5. The molecule has 0 saturated carbocycles. The summed E-state index contributed by atoms with van der Waals surface area (Å²) >= 11 is 0. The van der Waals surface area contributed by atoms with E-state index in [-0.39, 0.29) is 36.7 Å². The predicted molar refractivity (Wildman–Crippen MR) is 283 cm³/mol. The molecule has 0 unspecified atom stereocenters. The van der Waals surface area contributed by atoms with Crippen LogP contribution in [0.25, 0.3) is 90.9 Å². The van der Waals surface area contributed by atoms with Crippen LogP contribution in [0.1, 0.15) is 50.5 Å². The molecule has 4 aromatic carbocycles. The standard InChI is InChI=1S/C52H42N8O12S4.Mn/c1-29(61)57-73(65,66)37-13-5-33(6-14-37)49-41-21-23-43(53-41)50(34-7-15-38(16-8-34)74(67,68)58-30(2)62)45-25-27-47(55-45)52(36-11-19-40(20-12-36)76(71,72)60-32(4)64)48-28-26-46(56-48)51(44-24-22-42(49)54-44)35-9-17-39(18-10-35)75(69,70)59-31(3)63;/h5-28H,1-4H3,(H6,53,54,55,56,57,58,59,60,61,62,63,64);/q;+2/p-2. The summed E-state index contributed by atoms with van der Waals surface area (Å²) in [6.45, 7) is 4.28. The maximum Gasteiger partial charge on any atom is 2.00 e. The van der Waals surface area contributed by atoms with Gasteiger partial charge in [-0.25, -0.2) is 62.5 Å². The Balaban J connectivity index is 0.00000784. The van der Waals surface area contributed by atoms with Crippen molar-refractivity contribution in [3.63, 3.8) is 0 Å². The number of sulfonamides is 4. The number of fused-ring (bicyclic) bond motifs is 8. The van der Waals surface area contributed by atoms with Crippen molar-refractivity contribution in [3.05, 3.63) is 144 Å². The molecule has 391 valence electrons. The number of nitrogens with zero attached hydrogens (tertiary/aromatic N) is 4. The first-order valence-electron chi connectivity index (χ1n) is 22.5. The summed E-state index contributed by atoms with van der Waals surface area (Å²) in [4.78, 5) is 66.8. The Labute approximate surface area is 451 Å². The third-order valence-corrected chi connectivity index (χ3v) is 17.3.